The van der Waals surface area contributed by atoms with Gasteiger partial charge in [-0.25, -0.2) is 14.6 Å². The number of hydrogen-bond donors (Lipinski definition) is 0. The number of pyridine rings is 1. The molecule has 4 rings (SSSR count). The van der Waals surface area contributed by atoms with E-state index in [1.165, 1.54) is 0 Å². The highest BCUT2D eigenvalue weighted by Gasteiger charge is 2.34. The van der Waals surface area contributed by atoms with E-state index in [1.54, 1.807) is 20.0 Å². The molecule has 2 aromatic heterocycles. The Morgan fingerprint density at radius 2 is 1.47 bits per heavy atom. The van der Waals surface area contributed by atoms with Crippen LogP contribution in [0.4, 0.5) is 0 Å². The lowest BCUT2D eigenvalue weighted by atomic mass is 9.94. The van der Waals surface area contributed by atoms with Crippen molar-refractivity contribution in [1.82, 2.24) is 19.7 Å². The summed E-state index contributed by atoms with van der Waals surface area (Å²) < 4.78 is 19.5. The highest BCUT2D eigenvalue weighted by molar-refractivity contribution is 7.96. The molecule has 0 atom stereocenters. The molecule has 9 heteroatoms. The van der Waals surface area contributed by atoms with Gasteiger partial charge in [0.15, 0.2) is 11.6 Å². The van der Waals surface area contributed by atoms with Crippen molar-refractivity contribution in [2.24, 2.45) is 5.41 Å². The van der Waals surface area contributed by atoms with E-state index < -0.39 is 11.0 Å². The molecule has 2 heterocycles. The second-order valence-corrected chi connectivity index (χ2v) is 16.4. The molecule has 45 heavy (non-hydrogen) atoms. The summed E-state index contributed by atoms with van der Waals surface area (Å²) in [4.78, 5) is 21.9. The monoisotopic (exact) mass is 631 g/mol. The topological polar surface area (TPSA) is 88.4 Å². The first kappa shape index (κ1) is 34.2. The standard InChI is InChI=1S/C36H47N4O4S/c1-34(2,3)44-33(41)35(4,5)24-43-30-20-19-29(23-37-30)26-15-17-27(18-16-26)31-38-32(28-13-11-10-12-14-28)40(39-31)25-42-22-21-36(6,7)45(8)9/h10-20,23H,21-22,24-25H2,1-9H3/q+1. The van der Waals surface area contributed by atoms with Gasteiger partial charge in [0, 0.05) is 35.4 Å². The van der Waals surface area contributed by atoms with E-state index in [9.17, 15) is 4.79 Å². The molecule has 0 bridgehead atoms. The minimum Gasteiger partial charge on any atom is -0.476 e. The number of rotatable bonds is 13. The summed E-state index contributed by atoms with van der Waals surface area (Å²) in [6, 6.07) is 21.9. The van der Waals surface area contributed by atoms with Crippen LogP contribution in [0.25, 0.3) is 33.9 Å². The third kappa shape index (κ3) is 9.41. The summed E-state index contributed by atoms with van der Waals surface area (Å²) in [6.07, 6.45) is 7.31. The Morgan fingerprint density at radius 3 is 2.07 bits per heavy atom. The molecule has 0 unspecified atom stereocenters. The Balaban J connectivity index is 1.44. The number of ether oxygens (including phenoxy) is 3. The van der Waals surface area contributed by atoms with Crippen LogP contribution in [0, 0.1) is 5.41 Å². The van der Waals surface area contributed by atoms with Crippen molar-refractivity contribution in [1.29, 1.82) is 0 Å². The van der Waals surface area contributed by atoms with E-state index in [1.807, 2.05) is 92.2 Å². The van der Waals surface area contributed by atoms with Crippen LogP contribution in [-0.2, 0) is 31.9 Å². The first-order valence-corrected chi connectivity index (χ1v) is 17.3. The molecule has 0 aliphatic heterocycles. The molecule has 0 aliphatic rings. The van der Waals surface area contributed by atoms with Crippen LogP contribution in [0.2, 0.25) is 0 Å². The smallest absolute Gasteiger partial charge is 0.315 e. The highest BCUT2D eigenvalue weighted by atomic mass is 32.2. The van der Waals surface area contributed by atoms with Crippen molar-refractivity contribution in [2.75, 3.05) is 25.7 Å². The Labute approximate surface area is 270 Å². The molecule has 0 aliphatic carbocycles. The van der Waals surface area contributed by atoms with Gasteiger partial charge >= 0.3 is 5.97 Å². The summed E-state index contributed by atoms with van der Waals surface area (Å²) in [5.74, 6) is 1.56. The Morgan fingerprint density at radius 1 is 0.822 bits per heavy atom. The molecule has 0 fully saturated rings. The second-order valence-electron chi connectivity index (χ2n) is 13.6. The molecule has 0 saturated carbocycles. The average Bonchev–Trinajstić information content (AvgIpc) is 3.42. The fourth-order valence-electron chi connectivity index (χ4n) is 4.21. The van der Waals surface area contributed by atoms with Crippen LogP contribution in [0.1, 0.15) is 54.9 Å². The molecule has 2 aromatic carbocycles. The lowest BCUT2D eigenvalue weighted by Crippen LogP contribution is -2.37. The highest BCUT2D eigenvalue weighted by Crippen LogP contribution is 2.28. The van der Waals surface area contributed by atoms with Gasteiger partial charge in [0.1, 0.15) is 23.7 Å². The molecule has 0 radical (unpaired) electrons. The normalized spacial score (nSPS) is 12.4. The summed E-state index contributed by atoms with van der Waals surface area (Å²) in [6.45, 7) is 14.9. The van der Waals surface area contributed by atoms with Crippen LogP contribution >= 0.6 is 0 Å². The zero-order valence-electron chi connectivity index (χ0n) is 28.1. The lowest BCUT2D eigenvalue weighted by molar-refractivity contribution is -0.167. The van der Waals surface area contributed by atoms with E-state index in [2.05, 4.69) is 31.3 Å². The predicted octanol–water partition coefficient (Wildman–Crippen LogP) is 7.44. The maximum atomic E-state index is 12.5. The van der Waals surface area contributed by atoms with Gasteiger partial charge in [-0.2, -0.15) is 0 Å². The van der Waals surface area contributed by atoms with Crippen molar-refractivity contribution in [2.45, 2.75) is 72.0 Å². The first-order chi connectivity index (χ1) is 21.1. The number of aromatic nitrogens is 4. The third-order valence-corrected chi connectivity index (χ3v) is 10.0. The molecule has 0 amide bonds. The van der Waals surface area contributed by atoms with E-state index in [0.29, 0.717) is 35.9 Å². The molecule has 8 nitrogen and oxygen atoms in total. The number of carbonyl (C=O) groups is 1. The average molecular weight is 632 g/mol. The molecule has 0 spiro atoms. The third-order valence-electron chi connectivity index (χ3n) is 7.62. The van der Waals surface area contributed by atoms with Crippen molar-refractivity contribution in [3.63, 3.8) is 0 Å². The van der Waals surface area contributed by atoms with Crippen LogP contribution in [0.15, 0.2) is 72.9 Å². The zero-order chi connectivity index (χ0) is 32.8. The van der Waals surface area contributed by atoms with Gasteiger partial charge in [0.25, 0.3) is 0 Å². The minimum absolute atomic E-state index is 0.162. The Hall–Kier alpha value is -3.69. The molecule has 0 N–H and O–H groups in total. The minimum atomic E-state index is -0.804. The Kier molecular flexibility index (Phi) is 10.8. The van der Waals surface area contributed by atoms with Gasteiger partial charge in [-0.15, -0.1) is 5.10 Å². The Bertz CT molecular complexity index is 1540. The van der Waals surface area contributed by atoms with Gasteiger partial charge < -0.3 is 14.2 Å². The molecular formula is C36H47N4O4S+. The second kappa shape index (κ2) is 14.2. The van der Waals surface area contributed by atoms with Crippen molar-refractivity contribution >= 4 is 16.9 Å². The summed E-state index contributed by atoms with van der Waals surface area (Å²) >= 11 is 0. The largest absolute Gasteiger partial charge is 0.476 e. The van der Waals surface area contributed by atoms with Crippen LogP contribution in [-0.4, -0.2) is 61.8 Å². The van der Waals surface area contributed by atoms with E-state index in [0.717, 1.165) is 34.5 Å². The molecule has 0 saturated heterocycles. The van der Waals surface area contributed by atoms with Gasteiger partial charge in [0.05, 0.1) is 24.5 Å². The first-order valence-electron chi connectivity index (χ1n) is 15.2. The molecule has 240 valence electrons. The number of nitrogens with zero attached hydrogens (tertiary/aromatic N) is 4. The van der Waals surface area contributed by atoms with E-state index >= 15 is 0 Å². The van der Waals surface area contributed by atoms with Gasteiger partial charge in [-0.05, 0) is 71.0 Å². The van der Waals surface area contributed by atoms with Crippen molar-refractivity contribution in [3.05, 3.63) is 72.9 Å². The zero-order valence-corrected chi connectivity index (χ0v) is 28.9. The number of benzene rings is 2. The van der Waals surface area contributed by atoms with Gasteiger partial charge in [-0.3, -0.25) is 4.79 Å². The molecular weight excluding hydrogens is 584 g/mol. The summed E-state index contributed by atoms with van der Waals surface area (Å²) in [5.41, 5.74) is 2.50. The summed E-state index contributed by atoms with van der Waals surface area (Å²) in [5, 5.41) is 4.83. The maximum Gasteiger partial charge on any atom is 0.315 e. The fraction of sp³-hybridized carbons (Fsp3) is 0.444. The van der Waals surface area contributed by atoms with Gasteiger partial charge in [-0.1, -0.05) is 54.6 Å². The van der Waals surface area contributed by atoms with E-state index in [4.69, 9.17) is 24.3 Å². The van der Waals surface area contributed by atoms with Crippen LogP contribution in [0.5, 0.6) is 5.88 Å². The van der Waals surface area contributed by atoms with Crippen molar-refractivity contribution < 1.29 is 19.0 Å². The summed E-state index contributed by atoms with van der Waals surface area (Å²) in [7, 11) is 0.305. The predicted molar refractivity (Wildman–Crippen MR) is 183 cm³/mol. The lowest BCUT2D eigenvalue weighted by Gasteiger charge is -2.28. The van der Waals surface area contributed by atoms with E-state index in [-0.39, 0.29) is 17.3 Å². The van der Waals surface area contributed by atoms with Crippen LogP contribution < -0.4 is 4.74 Å². The van der Waals surface area contributed by atoms with Crippen molar-refractivity contribution in [3.8, 4) is 39.8 Å². The number of hydrogen-bond acceptors (Lipinski definition) is 7. The quantitative estimate of drug-likeness (QED) is 0.0861. The maximum absolute atomic E-state index is 12.5. The number of esters is 1. The number of carbonyl (C=O) groups excluding carboxylic acids is 1. The van der Waals surface area contributed by atoms with Crippen LogP contribution in [0.3, 0.4) is 0 Å². The fourth-order valence-corrected chi connectivity index (χ4v) is 4.70. The SMILES string of the molecule is C[S+](C)C(C)(C)CCOCn1nc(-c2ccc(-c3ccc(OCC(C)(C)C(=O)OC(C)(C)C)nc3)cc2)nc1-c1ccccc1. The molecule has 4 aromatic rings. The van der Waals surface area contributed by atoms with Gasteiger partial charge in [0.2, 0.25) is 5.88 Å².